The fourth-order valence-corrected chi connectivity index (χ4v) is 4.68. The largest absolute Gasteiger partial charge is 0.497 e. The summed E-state index contributed by atoms with van der Waals surface area (Å²) in [4.78, 5) is 25.4. The average Bonchev–Trinajstić information content (AvgIpc) is 3.21. The van der Waals surface area contributed by atoms with Gasteiger partial charge in [-0.05, 0) is 60.4 Å². The number of benzene rings is 2. The van der Waals surface area contributed by atoms with Gasteiger partial charge in [0.25, 0.3) is 5.91 Å². The molecule has 5 nitrogen and oxygen atoms in total. The standard InChI is InChI=1S/C23H21N3O2S2/c1-3-29-19-10-7-16(8-11-19)22(27)26(15-17-6-4-5-13-24-17)23-25-20-12-9-18(28-2)14-21(20)30-23/h4-14H,3,15H2,1-2H3. The third-order valence-electron chi connectivity index (χ3n) is 4.52. The molecule has 0 saturated heterocycles. The van der Waals surface area contributed by atoms with Gasteiger partial charge in [0.15, 0.2) is 5.13 Å². The molecule has 0 spiro atoms. The fraction of sp³-hybridized carbons (Fsp3) is 0.174. The van der Waals surface area contributed by atoms with E-state index in [2.05, 4.69) is 11.9 Å². The Morgan fingerprint density at radius 1 is 1.13 bits per heavy atom. The van der Waals surface area contributed by atoms with Gasteiger partial charge in [0.1, 0.15) is 5.75 Å². The number of rotatable bonds is 7. The number of thioether (sulfide) groups is 1. The van der Waals surface area contributed by atoms with Gasteiger partial charge in [-0.1, -0.05) is 24.3 Å². The molecule has 152 valence electrons. The third kappa shape index (κ3) is 4.47. The highest BCUT2D eigenvalue weighted by Gasteiger charge is 2.22. The first kappa shape index (κ1) is 20.4. The van der Waals surface area contributed by atoms with Gasteiger partial charge in [-0.3, -0.25) is 14.7 Å². The number of aromatic nitrogens is 2. The summed E-state index contributed by atoms with van der Waals surface area (Å²) in [6.07, 6.45) is 1.73. The number of pyridine rings is 1. The lowest BCUT2D eigenvalue weighted by Crippen LogP contribution is -2.30. The van der Waals surface area contributed by atoms with Crippen molar-refractivity contribution in [1.82, 2.24) is 9.97 Å². The first-order valence-corrected chi connectivity index (χ1v) is 11.4. The second-order valence-electron chi connectivity index (χ2n) is 6.50. The predicted molar refractivity (Wildman–Crippen MR) is 124 cm³/mol. The number of nitrogens with zero attached hydrogens (tertiary/aromatic N) is 3. The smallest absolute Gasteiger partial charge is 0.260 e. The Labute approximate surface area is 183 Å². The fourth-order valence-electron chi connectivity index (χ4n) is 3.03. The Balaban J connectivity index is 1.71. The Morgan fingerprint density at radius 2 is 1.97 bits per heavy atom. The highest BCUT2D eigenvalue weighted by atomic mass is 32.2. The van der Waals surface area contributed by atoms with E-state index in [1.807, 2.05) is 60.7 Å². The summed E-state index contributed by atoms with van der Waals surface area (Å²) < 4.78 is 6.29. The molecule has 2 aromatic heterocycles. The van der Waals surface area contributed by atoms with Gasteiger partial charge >= 0.3 is 0 Å². The molecular weight excluding hydrogens is 414 g/mol. The number of amides is 1. The molecule has 4 rings (SSSR count). The first-order valence-electron chi connectivity index (χ1n) is 9.57. The topological polar surface area (TPSA) is 55.3 Å². The average molecular weight is 436 g/mol. The lowest BCUT2D eigenvalue weighted by Gasteiger charge is -2.19. The van der Waals surface area contributed by atoms with Gasteiger partial charge < -0.3 is 4.74 Å². The number of ether oxygens (including phenoxy) is 1. The zero-order chi connectivity index (χ0) is 20.9. The van der Waals surface area contributed by atoms with E-state index in [1.54, 1.807) is 30.0 Å². The van der Waals surface area contributed by atoms with Crippen LogP contribution in [0, 0.1) is 0 Å². The summed E-state index contributed by atoms with van der Waals surface area (Å²) in [6.45, 7) is 2.46. The molecule has 7 heteroatoms. The summed E-state index contributed by atoms with van der Waals surface area (Å²) >= 11 is 3.22. The van der Waals surface area contributed by atoms with Crippen LogP contribution in [0.5, 0.6) is 5.75 Å². The van der Waals surface area contributed by atoms with Crippen molar-refractivity contribution in [3.63, 3.8) is 0 Å². The maximum Gasteiger partial charge on any atom is 0.260 e. The van der Waals surface area contributed by atoms with Crippen molar-refractivity contribution in [3.8, 4) is 5.75 Å². The first-order chi connectivity index (χ1) is 14.7. The molecule has 4 aromatic rings. The van der Waals surface area contributed by atoms with E-state index in [1.165, 1.54) is 11.3 Å². The molecule has 0 bridgehead atoms. The number of methoxy groups -OCH3 is 1. The van der Waals surface area contributed by atoms with Crippen molar-refractivity contribution in [3.05, 3.63) is 78.1 Å². The monoisotopic (exact) mass is 435 g/mol. The Kier molecular flexibility index (Phi) is 6.30. The van der Waals surface area contributed by atoms with Crippen molar-refractivity contribution in [2.24, 2.45) is 0 Å². The minimum absolute atomic E-state index is 0.0975. The molecule has 0 aliphatic rings. The molecule has 0 unspecified atom stereocenters. The van der Waals surface area contributed by atoms with E-state index < -0.39 is 0 Å². The molecule has 0 atom stereocenters. The van der Waals surface area contributed by atoms with Crippen LogP contribution in [0.1, 0.15) is 23.0 Å². The molecule has 0 aliphatic carbocycles. The summed E-state index contributed by atoms with van der Waals surface area (Å²) in [6, 6.07) is 19.2. The van der Waals surface area contributed by atoms with Gasteiger partial charge in [-0.2, -0.15) is 0 Å². The van der Waals surface area contributed by atoms with Crippen molar-refractivity contribution >= 4 is 44.4 Å². The number of hydrogen-bond donors (Lipinski definition) is 0. The lowest BCUT2D eigenvalue weighted by atomic mass is 10.2. The van der Waals surface area contributed by atoms with Crippen LogP contribution in [0.2, 0.25) is 0 Å². The molecule has 0 aliphatic heterocycles. The van der Waals surface area contributed by atoms with Crippen molar-refractivity contribution in [2.45, 2.75) is 18.4 Å². The van der Waals surface area contributed by atoms with Crippen molar-refractivity contribution in [1.29, 1.82) is 0 Å². The van der Waals surface area contributed by atoms with Crippen LogP contribution in [-0.4, -0.2) is 28.7 Å². The number of carbonyl (C=O) groups is 1. The zero-order valence-corrected chi connectivity index (χ0v) is 18.4. The summed E-state index contributed by atoms with van der Waals surface area (Å²) in [5.41, 5.74) is 2.27. The van der Waals surface area contributed by atoms with Gasteiger partial charge in [0.05, 0.1) is 29.6 Å². The van der Waals surface area contributed by atoms with Crippen LogP contribution < -0.4 is 9.64 Å². The van der Waals surface area contributed by atoms with Gasteiger partial charge in [-0.15, -0.1) is 11.8 Å². The molecule has 0 N–H and O–H groups in total. The SMILES string of the molecule is CCSc1ccc(C(=O)N(Cc2ccccn2)c2nc3ccc(OC)cc3s2)cc1. The molecule has 0 fully saturated rings. The minimum Gasteiger partial charge on any atom is -0.497 e. The highest BCUT2D eigenvalue weighted by molar-refractivity contribution is 7.99. The van der Waals surface area contributed by atoms with Crippen LogP contribution in [-0.2, 0) is 6.54 Å². The molecule has 2 heterocycles. The maximum absolute atomic E-state index is 13.5. The van der Waals surface area contributed by atoms with Gasteiger partial charge in [0.2, 0.25) is 0 Å². The van der Waals surface area contributed by atoms with Crippen molar-refractivity contribution in [2.75, 3.05) is 17.8 Å². The van der Waals surface area contributed by atoms with E-state index in [0.717, 1.165) is 32.3 Å². The van der Waals surface area contributed by atoms with Crippen LogP contribution in [0.3, 0.4) is 0 Å². The van der Waals surface area contributed by atoms with E-state index in [-0.39, 0.29) is 5.91 Å². The molecular formula is C23H21N3O2S2. The normalized spacial score (nSPS) is 10.9. The number of carbonyl (C=O) groups excluding carboxylic acids is 1. The summed E-state index contributed by atoms with van der Waals surface area (Å²) in [7, 11) is 1.64. The number of thiazole rings is 1. The number of fused-ring (bicyclic) bond motifs is 1. The zero-order valence-electron chi connectivity index (χ0n) is 16.7. The van der Waals surface area contributed by atoms with E-state index in [9.17, 15) is 4.79 Å². The minimum atomic E-state index is -0.0975. The van der Waals surface area contributed by atoms with Gasteiger partial charge in [0, 0.05) is 16.7 Å². The third-order valence-corrected chi connectivity index (χ3v) is 6.45. The number of anilines is 1. The second-order valence-corrected chi connectivity index (χ2v) is 8.85. The molecule has 2 aromatic carbocycles. The summed E-state index contributed by atoms with van der Waals surface area (Å²) in [5, 5.41) is 0.640. The number of hydrogen-bond acceptors (Lipinski definition) is 6. The highest BCUT2D eigenvalue weighted by Crippen LogP contribution is 2.33. The van der Waals surface area contributed by atoms with Crippen LogP contribution >= 0.6 is 23.1 Å². The maximum atomic E-state index is 13.5. The molecule has 0 saturated carbocycles. The Morgan fingerprint density at radius 3 is 2.67 bits per heavy atom. The Hall–Kier alpha value is -2.90. The van der Waals surface area contributed by atoms with Crippen LogP contribution in [0.15, 0.2) is 71.8 Å². The molecule has 1 amide bonds. The lowest BCUT2D eigenvalue weighted by molar-refractivity contribution is 0.0984. The van der Waals surface area contributed by atoms with Gasteiger partial charge in [-0.25, -0.2) is 4.98 Å². The van der Waals surface area contributed by atoms with E-state index >= 15 is 0 Å². The molecule has 30 heavy (non-hydrogen) atoms. The second kappa shape index (κ2) is 9.28. The van der Waals surface area contributed by atoms with E-state index in [0.29, 0.717) is 17.2 Å². The predicted octanol–water partition coefficient (Wildman–Crippen LogP) is 5.66. The Bertz CT molecular complexity index is 1140. The van der Waals surface area contributed by atoms with E-state index in [4.69, 9.17) is 9.72 Å². The quantitative estimate of drug-likeness (QED) is 0.351. The molecule has 0 radical (unpaired) electrons. The summed E-state index contributed by atoms with van der Waals surface area (Å²) in [5.74, 6) is 1.66. The van der Waals surface area contributed by atoms with Crippen molar-refractivity contribution < 1.29 is 9.53 Å². The van der Waals surface area contributed by atoms with Crippen LogP contribution in [0.4, 0.5) is 5.13 Å². The van der Waals surface area contributed by atoms with Crippen LogP contribution in [0.25, 0.3) is 10.2 Å².